The normalized spacial score (nSPS) is 10.7. The second-order valence-corrected chi connectivity index (χ2v) is 9.09. The second-order valence-electron chi connectivity index (χ2n) is 7.81. The van der Waals surface area contributed by atoms with E-state index in [-0.39, 0.29) is 29.4 Å². The molecule has 0 aliphatic heterocycles. The van der Waals surface area contributed by atoms with Crippen LogP contribution in [0.1, 0.15) is 10.4 Å². The number of amides is 1. The zero-order chi connectivity index (χ0) is 27.8. The van der Waals surface area contributed by atoms with E-state index in [0.29, 0.717) is 34.1 Å². The Labute approximate surface area is 230 Å². The molecular formula is C25H23ClN7O5S+. The van der Waals surface area contributed by atoms with Crippen LogP contribution in [0.25, 0.3) is 11.0 Å². The Balaban J connectivity index is 1.80. The smallest absolute Gasteiger partial charge is 0.360 e. The van der Waals surface area contributed by atoms with Crippen LogP contribution in [0.2, 0.25) is 5.02 Å². The van der Waals surface area contributed by atoms with Gasteiger partial charge in [-0.15, -0.1) is 0 Å². The van der Waals surface area contributed by atoms with Gasteiger partial charge in [0.05, 0.1) is 46.7 Å². The summed E-state index contributed by atoms with van der Waals surface area (Å²) in [6, 6.07) is 17.8. The lowest BCUT2D eigenvalue weighted by molar-refractivity contribution is 0.0992. The largest absolute Gasteiger partial charge is 0.497 e. The molecule has 39 heavy (non-hydrogen) atoms. The average molecular weight is 569 g/mol. The van der Waals surface area contributed by atoms with Crippen LogP contribution in [0.15, 0.2) is 77.0 Å². The molecule has 0 unspecified atom stereocenters. The minimum Gasteiger partial charge on any atom is -0.497 e. The molecule has 1 heterocycles. The Morgan fingerprint density at radius 1 is 1.05 bits per heavy atom. The first-order chi connectivity index (χ1) is 18.9. The summed E-state index contributed by atoms with van der Waals surface area (Å²) in [6.07, 6.45) is 0. The summed E-state index contributed by atoms with van der Waals surface area (Å²) >= 11 is 6.39. The summed E-state index contributed by atoms with van der Waals surface area (Å²) in [4.78, 5) is 25.3. The van der Waals surface area contributed by atoms with E-state index in [0.717, 1.165) is 4.31 Å². The van der Waals surface area contributed by atoms with Gasteiger partial charge in [0.2, 0.25) is 20.9 Å². The number of hydrogen-bond donors (Lipinski definition) is 2. The van der Waals surface area contributed by atoms with Gasteiger partial charge in [-0.25, -0.2) is 22.7 Å². The van der Waals surface area contributed by atoms with E-state index in [4.69, 9.17) is 21.1 Å². The third-order valence-corrected chi connectivity index (χ3v) is 6.35. The van der Waals surface area contributed by atoms with E-state index in [2.05, 4.69) is 30.4 Å². The van der Waals surface area contributed by atoms with Crippen molar-refractivity contribution >= 4 is 62.4 Å². The van der Waals surface area contributed by atoms with Crippen molar-refractivity contribution in [2.24, 2.45) is 10.2 Å². The van der Waals surface area contributed by atoms with Crippen molar-refractivity contribution in [2.45, 2.75) is 0 Å². The number of carbonyl (C=O) groups excluding carboxylic acids is 1. The summed E-state index contributed by atoms with van der Waals surface area (Å²) in [5.41, 5.74) is 1.62. The number of thiol groups is 1. The lowest BCUT2D eigenvalue weighted by atomic mass is 10.2. The standard InChI is InChI=1S/C25H22ClN7O5S/c1-37-13-12-27-32-31-25(34)16-6-5-7-17(14-16)33(39(35)36)24-23(28-20-8-3-4-9-21(20)30-24)29-22-15-18(38-2)10-11-19(22)26/h3-11,14-15,39H,12-13H2,1-2H3/p+1. The molecule has 1 N–H and O–H groups in total. The molecule has 0 saturated heterocycles. The molecule has 0 bridgehead atoms. The van der Waals surface area contributed by atoms with E-state index in [1.165, 1.54) is 38.5 Å². The molecule has 0 aliphatic carbocycles. The Morgan fingerprint density at radius 3 is 2.54 bits per heavy atom. The molecule has 0 radical (unpaired) electrons. The van der Waals surface area contributed by atoms with Crippen LogP contribution in [0, 0.1) is 0 Å². The number of halogens is 1. The van der Waals surface area contributed by atoms with Crippen LogP contribution in [0.4, 0.5) is 23.0 Å². The monoisotopic (exact) mass is 568 g/mol. The SMILES string of the molecule is COCCN=[N+]=NC(=O)c1cccc(N(c2nc3ccccc3nc2Nc2cc(OC)ccc2Cl)[SH](=O)=O)c1. The molecular weight excluding hydrogens is 546 g/mol. The van der Waals surface area contributed by atoms with Gasteiger partial charge in [0, 0.05) is 13.2 Å². The molecule has 0 spiro atoms. The van der Waals surface area contributed by atoms with Crippen molar-refractivity contribution in [1.29, 1.82) is 0 Å². The molecule has 12 nitrogen and oxygen atoms in total. The van der Waals surface area contributed by atoms with E-state index in [9.17, 15) is 13.2 Å². The van der Waals surface area contributed by atoms with Crippen LogP contribution >= 0.6 is 11.6 Å². The minimum atomic E-state index is -3.29. The maximum Gasteiger partial charge on any atom is 0.360 e. The summed E-state index contributed by atoms with van der Waals surface area (Å²) in [5.74, 6) is -0.107. The third-order valence-electron chi connectivity index (χ3n) is 5.27. The molecule has 4 rings (SSSR count). The number of nitrogens with one attached hydrogen (secondary N) is 1. The highest BCUT2D eigenvalue weighted by Gasteiger charge is 2.23. The summed E-state index contributed by atoms with van der Waals surface area (Å²) < 4.78 is 36.3. The number of aromatic nitrogens is 2. The quantitative estimate of drug-likeness (QED) is 0.123. The van der Waals surface area contributed by atoms with E-state index in [1.807, 2.05) is 0 Å². The van der Waals surface area contributed by atoms with Gasteiger partial charge in [0.1, 0.15) is 17.4 Å². The predicted molar refractivity (Wildman–Crippen MR) is 148 cm³/mol. The Morgan fingerprint density at radius 2 is 1.82 bits per heavy atom. The topological polar surface area (TPSA) is 150 Å². The highest BCUT2D eigenvalue weighted by molar-refractivity contribution is 7.74. The first kappa shape index (κ1) is 27.6. The predicted octanol–water partition coefficient (Wildman–Crippen LogP) is 4.46. The number of nitrogens with zero attached hydrogens (tertiary/aromatic N) is 6. The van der Waals surface area contributed by atoms with E-state index < -0.39 is 16.8 Å². The summed E-state index contributed by atoms with van der Waals surface area (Å²) in [5, 5.41) is 10.7. The number of hydrogen-bond acceptors (Lipinski definition) is 9. The van der Waals surface area contributed by atoms with Gasteiger partial charge in [-0.1, -0.05) is 29.8 Å². The molecule has 1 amide bonds. The number of ether oxygens (including phenoxy) is 2. The van der Waals surface area contributed by atoms with Crippen LogP contribution in [-0.2, 0) is 15.6 Å². The van der Waals surface area contributed by atoms with Gasteiger partial charge in [0.25, 0.3) is 0 Å². The van der Waals surface area contributed by atoms with Crippen LogP contribution < -0.4 is 19.3 Å². The Bertz CT molecular complexity index is 1650. The lowest BCUT2D eigenvalue weighted by Crippen LogP contribution is -2.19. The van der Waals surface area contributed by atoms with Gasteiger partial charge < -0.3 is 14.8 Å². The number of carbonyl (C=O) groups is 1. The molecule has 0 saturated carbocycles. The summed E-state index contributed by atoms with van der Waals surface area (Å²) in [7, 11) is -0.264. The van der Waals surface area contributed by atoms with Crippen molar-refractivity contribution in [3.63, 3.8) is 0 Å². The van der Waals surface area contributed by atoms with Gasteiger partial charge >= 0.3 is 5.91 Å². The number of methoxy groups -OCH3 is 2. The maximum atomic E-state index is 12.6. The van der Waals surface area contributed by atoms with Crippen molar-refractivity contribution in [1.82, 2.24) is 14.9 Å². The fourth-order valence-electron chi connectivity index (χ4n) is 3.45. The molecule has 14 heteroatoms. The fourth-order valence-corrected chi connectivity index (χ4v) is 4.22. The first-order valence-electron chi connectivity index (χ1n) is 11.4. The van der Waals surface area contributed by atoms with Crippen molar-refractivity contribution in [3.8, 4) is 5.75 Å². The maximum absolute atomic E-state index is 12.6. The zero-order valence-electron chi connectivity index (χ0n) is 20.8. The first-order valence-corrected chi connectivity index (χ1v) is 12.9. The molecule has 3 aromatic carbocycles. The molecule has 200 valence electrons. The van der Waals surface area contributed by atoms with Crippen LogP contribution in [-0.4, -0.2) is 51.7 Å². The van der Waals surface area contributed by atoms with Crippen molar-refractivity contribution in [2.75, 3.05) is 37.0 Å². The van der Waals surface area contributed by atoms with Gasteiger partial charge in [-0.3, -0.25) is 4.79 Å². The number of anilines is 4. The molecule has 0 aliphatic rings. The van der Waals surface area contributed by atoms with E-state index in [1.54, 1.807) is 42.5 Å². The lowest BCUT2D eigenvalue weighted by Gasteiger charge is -2.21. The number of para-hydroxylation sites is 2. The van der Waals surface area contributed by atoms with Gasteiger partial charge in [-0.2, -0.15) is 0 Å². The second kappa shape index (κ2) is 12.9. The highest BCUT2D eigenvalue weighted by atomic mass is 35.5. The highest BCUT2D eigenvalue weighted by Crippen LogP contribution is 2.36. The molecule has 1 aromatic heterocycles. The molecule has 0 fully saturated rings. The minimum absolute atomic E-state index is 0.0375. The van der Waals surface area contributed by atoms with E-state index >= 15 is 0 Å². The Hall–Kier alpha value is -4.42. The summed E-state index contributed by atoms with van der Waals surface area (Å²) in [6.45, 7) is 0.573. The van der Waals surface area contributed by atoms with Crippen molar-refractivity contribution in [3.05, 3.63) is 77.3 Å². The third kappa shape index (κ3) is 6.72. The van der Waals surface area contributed by atoms with Crippen molar-refractivity contribution < 1.29 is 22.7 Å². The fraction of sp³-hybridized carbons (Fsp3) is 0.160. The number of fused-ring (bicyclic) bond motifs is 1. The van der Waals surface area contributed by atoms with Crippen LogP contribution in [0.3, 0.4) is 0 Å². The molecule has 4 aromatic rings. The number of benzene rings is 3. The van der Waals surface area contributed by atoms with Gasteiger partial charge in [-0.05, 0) is 42.5 Å². The molecule has 0 atom stereocenters. The van der Waals surface area contributed by atoms with Gasteiger partial charge in [0.15, 0.2) is 11.6 Å². The zero-order valence-corrected chi connectivity index (χ0v) is 22.5. The Kier molecular flexibility index (Phi) is 9.13. The van der Waals surface area contributed by atoms with Crippen LogP contribution in [0.5, 0.6) is 5.75 Å². The average Bonchev–Trinajstić information content (AvgIpc) is 2.94. The number of rotatable bonds is 10.